The van der Waals surface area contributed by atoms with Crippen LogP contribution in [0.5, 0.6) is 0 Å². The van der Waals surface area contributed by atoms with Gasteiger partial charge in [0.2, 0.25) is 0 Å². The number of benzene rings is 2. The third-order valence-corrected chi connectivity index (χ3v) is 5.82. The number of imidazole rings is 1. The normalized spacial score (nSPS) is 12.6. The molecule has 4 rings (SSSR count). The summed E-state index contributed by atoms with van der Waals surface area (Å²) in [4.78, 5) is 18.2. The van der Waals surface area contributed by atoms with E-state index in [1.54, 1.807) is 4.40 Å². The summed E-state index contributed by atoms with van der Waals surface area (Å²) in [6.07, 6.45) is 1.92. The molecule has 0 atom stereocenters. The van der Waals surface area contributed by atoms with E-state index in [2.05, 4.69) is 27.8 Å². The summed E-state index contributed by atoms with van der Waals surface area (Å²) >= 11 is 4.95. The predicted molar refractivity (Wildman–Crippen MR) is 99.2 cm³/mol. The lowest BCUT2D eigenvalue weighted by molar-refractivity contribution is 1.19. The first kappa shape index (κ1) is 14.6. The van der Waals surface area contributed by atoms with Crippen molar-refractivity contribution in [3.63, 3.8) is 0 Å². The molecule has 0 bridgehead atoms. The second-order valence-corrected chi connectivity index (χ2v) is 7.41. The second-order valence-electron chi connectivity index (χ2n) is 5.54. The lowest BCUT2D eigenvalue weighted by Crippen LogP contribution is -2.22. The van der Waals surface area contributed by atoms with E-state index < -0.39 is 0 Å². The van der Waals surface area contributed by atoms with Crippen molar-refractivity contribution in [3.8, 4) is 0 Å². The van der Waals surface area contributed by atoms with Crippen LogP contribution in [0.3, 0.4) is 0 Å². The minimum Gasteiger partial charge on any atom is -0.267 e. The van der Waals surface area contributed by atoms with E-state index in [9.17, 15) is 4.79 Å². The molecule has 0 spiro atoms. The highest BCUT2D eigenvalue weighted by Gasteiger charge is 2.13. The van der Waals surface area contributed by atoms with Gasteiger partial charge in [-0.25, -0.2) is 9.38 Å². The Kier molecular flexibility index (Phi) is 3.36. The van der Waals surface area contributed by atoms with Gasteiger partial charge in [0.25, 0.3) is 5.56 Å². The Morgan fingerprint density at radius 3 is 2.74 bits per heavy atom. The zero-order valence-corrected chi connectivity index (χ0v) is 15.0. The van der Waals surface area contributed by atoms with Gasteiger partial charge in [-0.3, -0.25) is 4.79 Å². The number of halogens is 1. The third-order valence-electron chi connectivity index (χ3n) is 4.13. The molecule has 0 N–H and O–H groups in total. The van der Waals surface area contributed by atoms with Gasteiger partial charge in [-0.15, -0.1) is 0 Å². The van der Waals surface area contributed by atoms with Gasteiger partial charge >= 0.3 is 0 Å². The summed E-state index contributed by atoms with van der Waals surface area (Å²) in [5, 5.41) is 0. The smallest absolute Gasteiger partial charge is 0.267 e. The topological polar surface area (TPSA) is 34.4 Å². The number of aryl methyl sites for hydroxylation is 2. The van der Waals surface area contributed by atoms with Gasteiger partial charge in [-0.05, 0) is 48.7 Å². The molecule has 4 aromatic rings. The maximum atomic E-state index is 12.8. The van der Waals surface area contributed by atoms with E-state index in [0.29, 0.717) is 4.53 Å². The number of nitrogens with zero attached hydrogens (tertiary/aromatic N) is 2. The Labute approximate surface area is 145 Å². The highest BCUT2D eigenvalue weighted by molar-refractivity contribution is 9.10. The number of thiazole rings is 1. The molecular formula is C18H13BrN2OS. The summed E-state index contributed by atoms with van der Waals surface area (Å²) < 4.78 is 3.39. The van der Waals surface area contributed by atoms with Crippen molar-refractivity contribution < 1.29 is 0 Å². The number of aromatic nitrogens is 2. The predicted octanol–water partition coefficient (Wildman–Crippen LogP) is 3.84. The van der Waals surface area contributed by atoms with Gasteiger partial charge in [-0.1, -0.05) is 51.5 Å². The lowest BCUT2D eigenvalue weighted by Gasteiger charge is -1.99. The van der Waals surface area contributed by atoms with Crippen LogP contribution >= 0.6 is 27.3 Å². The van der Waals surface area contributed by atoms with E-state index in [-0.39, 0.29) is 5.56 Å². The fraction of sp³-hybridized carbons (Fsp3) is 0.111. The number of fused-ring (bicyclic) bond motifs is 3. The van der Waals surface area contributed by atoms with Crippen molar-refractivity contribution >= 4 is 49.3 Å². The van der Waals surface area contributed by atoms with Crippen molar-refractivity contribution in [2.75, 3.05) is 0 Å². The number of hydrogen-bond acceptors (Lipinski definition) is 3. The Hall–Kier alpha value is -1.98. The van der Waals surface area contributed by atoms with E-state index in [1.165, 1.54) is 16.9 Å². The van der Waals surface area contributed by atoms with Gasteiger partial charge in [0.05, 0.1) is 15.6 Å². The standard InChI is InChI=1S/C18H13BrN2OS/c1-10-7-8-14-16(11(10)2)20-18-21(14)17(22)15(23-18)9-12-5-3-4-6-13(12)19/h3-9H,1-2H3/b15-9+. The lowest BCUT2D eigenvalue weighted by atomic mass is 10.1. The molecule has 0 fully saturated rings. The van der Waals surface area contributed by atoms with Gasteiger partial charge in [0, 0.05) is 4.47 Å². The highest BCUT2D eigenvalue weighted by atomic mass is 79.9. The van der Waals surface area contributed by atoms with Crippen molar-refractivity contribution in [2.24, 2.45) is 0 Å². The van der Waals surface area contributed by atoms with Gasteiger partial charge in [-0.2, -0.15) is 0 Å². The van der Waals surface area contributed by atoms with Crippen LogP contribution in [0.25, 0.3) is 22.1 Å². The quantitative estimate of drug-likeness (QED) is 0.499. The van der Waals surface area contributed by atoms with Crippen LogP contribution in [0.2, 0.25) is 0 Å². The van der Waals surface area contributed by atoms with Crippen LogP contribution in [0, 0.1) is 13.8 Å². The fourth-order valence-corrected chi connectivity index (χ4v) is 4.07. The molecule has 0 unspecified atom stereocenters. The van der Waals surface area contributed by atoms with Crippen LogP contribution in [-0.4, -0.2) is 9.38 Å². The van der Waals surface area contributed by atoms with Crippen LogP contribution in [0.1, 0.15) is 16.7 Å². The minimum absolute atomic E-state index is 0.00786. The molecule has 5 heteroatoms. The van der Waals surface area contributed by atoms with Crippen molar-refractivity contribution in [1.29, 1.82) is 0 Å². The third kappa shape index (κ3) is 2.23. The first-order valence-electron chi connectivity index (χ1n) is 7.23. The van der Waals surface area contributed by atoms with Crippen molar-refractivity contribution in [2.45, 2.75) is 13.8 Å². The molecule has 0 aliphatic heterocycles. The molecule has 2 heterocycles. The molecular weight excluding hydrogens is 372 g/mol. The maximum absolute atomic E-state index is 12.8. The molecule has 0 radical (unpaired) electrons. The second kappa shape index (κ2) is 5.28. The number of hydrogen-bond donors (Lipinski definition) is 0. The minimum atomic E-state index is -0.00786. The van der Waals surface area contributed by atoms with E-state index in [4.69, 9.17) is 0 Å². The first-order chi connectivity index (χ1) is 11.1. The van der Waals surface area contributed by atoms with Crippen LogP contribution < -0.4 is 10.1 Å². The van der Waals surface area contributed by atoms with Gasteiger partial charge in [0.1, 0.15) is 0 Å². The van der Waals surface area contributed by atoms with Crippen molar-refractivity contribution in [3.05, 3.63) is 72.4 Å². The summed E-state index contributed by atoms with van der Waals surface area (Å²) in [6.45, 7) is 4.11. The summed E-state index contributed by atoms with van der Waals surface area (Å²) in [7, 11) is 0. The molecule has 2 aromatic heterocycles. The molecule has 23 heavy (non-hydrogen) atoms. The fourth-order valence-electron chi connectivity index (χ4n) is 2.70. The summed E-state index contributed by atoms with van der Waals surface area (Å²) in [5.74, 6) is 0. The highest BCUT2D eigenvalue weighted by Crippen LogP contribution is 2.22. The Balaban J connectivity index is 2.05. The van der Waals surface area contributed by atoms with Crippen LogP contribution in [0.4, 0.5) is 0 Å². The van der Waals surface area contributed by atoms with E-state index >= 15 is 0 Å². The molecule has 0 saturated carbocycles. The monoisotopic (exact) mass is 384 g/mol. The average Bonchev–Trinajstić information content (AvgIpc) is 3.04. The molecule has 0 aliphatic carbocycles. The van der Waals surface area contributed by atoms with Crippen LogP contribution in [-0.2, 0) is 0 Å². The van der Waals surface area contributed by atoms with Gasteiger partial charge in [0.15, 0.2) is 4.96 Å². The average molecular weight is 385 g/mol. The SMILES string of the molecule is Cc1ccc2c(nc3s/c(=C/c4ccccc4Br)c(=O)n32)c1C. The Morgan fingerprint density at radius 2 is 1.96 bits per heavy atom. The molecule has 0 amide bonds. The molecule has 0 saturated heterocycles. The Morgan fingerprint density at radius 1 is 1.17 bits per heavy atom. The molecule has 0 aliphatic rings. The molecule has 3 nitrogen and oxygen atoms in total. The van der Waals surface area contributed by atoms with Crippen molar-refractivity contribution in [1.82, 2.24) is 9.38 Å². The van der Waals surface area contributed by atoms with E-state index in [0.717, 1.165) is 31.6 Å². The van der Waals surface area contributed by atoms with E-state index in [1.807, 2.05) is 49.4 Å². The number of rotatable bonds is 1. The molecule has 2 aromatic carbocycles. The first-order valence-corrected chi connectivity index (χ1v) is 8.84. The molecule has 114 valence electrons. The zero-order chi connectivity index (χ0) is 16.1. The zero-order valence-electron chi connectivity index (χ0n) is 12.6. The maximum Gasteiger partial charge on any atom is 0.274 e. The summed E-state index contributed by atoms with van der Waals surface area (Å²) in [5.41, 5.74) is 5.11. The van der Waals surface area contributed by atoms with Gasteiger partial charge < -0.3 is 0 Å². The largest absolute Gasteiger partial charge is 0.274 e. The summed E-state index contributed by atoms with van der Waals surface area (Å²) in [6, 6.07) is 11.9. The van der Waals surface area contributed by atoms with Crippen LogP contribution in [0.15, 0.2) is 45.7 Å². The Bertz CT molecular complexity index is 1170.